The van der Waals surface area contributed by atoms with Gasteiger partial charge in [0, 0.05) is 30.7 Å². The van der Waals surface area contributed by atoms with E-state index in [0.717, 1.165) is 5.69 Å². The molecule has 1 atom stereocenters. The molecular formula is C15H16ClN3O. The summed E-state index contributed by atoms with van der Waals surface area (Å²) in [5, 5.41) is 6.50. The lowest BCUT2D eigenvalue weighted by Gasteiger charge is -2.16. The first-order valence-corrected chi connectivity index (χ1v) is 6.74. The first kappa shape index (κ1) is 14.3. The van der Waals surface area contributed by atoms with Crippen LogP contribution in [0, 0.1) is 0 Å². The van der Waals surface area contributed by atoms with E-state index >= 15 is 0 Å². The zero-order valence-corrected chi connectivity index (χ0v) is 11.9. The van der Waals surface area contributed by atoms with Crippen molar-refractivity contribution in [1.29, 1.82) is 0 Å². The van der Waals surface area contributed by atoms with E-state index in [0.29, 0.717) is 17.1 Å². The lowest BCUT2D eigenvalue weighted by atomic mass is 10.2. The molecule has 2 N–H and O–H groups in total. The molecule has 0 fully saturated rings. The summed E-state index contributed by atoms with van der Waals surface area (Å²) in [6, 6.07) is 11.4. The van der Waals surface area contributed by atoms with Crippen LogP contribution in [0.25, 0.3) is 0 Å². The molecule has 0 saturated carbocycles. The molecule has 0 aliphatic carbocycles. The van der Waals surface area contributed by atoms with E-state index in [9.17, 15) is 4.79 Å². The van der Waals surface area contributed by atoms with Crippen LogP contribution in [-0.4, -0.2) is 23.5 Å². The summed E-state index contributed by atoms with van der Waals surface area (Å²) in [5.74, 6) is -0.195. The third-order valence-electron chi connectivity index (χ3n) is 2.78. The predicted octanol–water partition coefficient (Wildman–Crippen LogP) is 2.97. The van der Waals surface area contributed by atoms with Crippen LogP contribution in [0.3, 0.4) is 0 Å². The largest absolute Gasteiger partial charge is 0.383 e. The van der Waals surface area contributed by atoms with Crippen LogP contribution < -0.4 is 10.6 Å². The number of aromatic nitrogens is 1. The Morgan fingerprint density at radius 1 is 1.30 bits per heavy atom. The van der Waals surface area contributed by atoms with Crippen molar-refractivity contribution in [3.63, 3.8) is 0 Å². The van der Waals surface area contributed by atoms with Crippen molar-refractivity contribution in [3.05, 3.63) is 59.4 Å². The van der Waals surface area contributed by atoms with E-state index in [2.05, 4.69) is 15.6 Å². The first-order chi connectivity index (χ1) is 9.66. The summed E-state index contributed by atoms with van der Waals surface area (Å²) in [5.41, 5.74) is 1.46. The average Bonchev–Trinajstić information content (AvgIpc) is 2.46. The normalized spacial score (nSPS) is 11.7. The molecule has 5 heteroatoms. The number of anilines is 1. The minimum Gasteiger partial charge on any atom is -0.383 e. The fraction of sp³-hybridized carbons (Fsp3) is 0.200. The first-order valence-electron chi connectivity index (χ1n) is 6.36. The highest BCUT2D eigenvalue weighted by Crippen LogP contribution is 2.13. The molecule has 1 heterocycles. The maximum Gasteiger partial charge on any atom is 0.253 e. The van der Waals surface area contributed by atoms with Crippen molar-refractivity contribution >= 4 is 23.2 Å². The Kier molecular flexibility index (Phi) is 4.96. The Morgan fingerprint density at radius 2 is 2.05 bits per heavy atom. The lowest BCUT2D eigenvalue weighted by molar-refractivity contribution is 0.0942. The maximum atomic E-state index is 12.0. The quantitative estimate of drug-likeness (QED) is 0.890. The number of pyridine rings is 1. The van der Waals surface area contributed by atoms with Gasteiger partial charge in [0.15, 0.2) is 0 Å². The molecule has 2 aromatic rings. The van der Waals surface area contributed by atoms with Crippen LogP contribution in [-0.2, 0) is 0 Å². The predicted molar refractivity (Wildman–Crippen MR) is 81.1 cm³/mol. The van der Waals surface area contributed by atoms with Gasteiger partial charge in [0.1, 0.15) is 0 Å². The zero-order chi connectivity index (χ0) is 14.4. The maximum absolute atomic E-state index is 12.0. The van der Waals surface area contributed by atoms with Gasteiger partial charge in [-0.15, -0.1) is 0 Å². The number of benzene rings is 1. The molecule has 104 valence electrons. The second-order valence-electron chi connectivity index (χ2n) is 4.48. The summed E-state index contributed by atoms with van der Waals surface area (Å²) >= 11 is 5.94. The Bertz CT molecular complexity index is 574. The third kappa shape index (κ3) is 3.96. The number of hydrogen-bond donors (Lipinski definition) is 2. The van der Waals surface area contributed by atoms with E-state index < -0.39 is 0 Å². The zero-order valence-electron chi connectivity index (χ0n) is 11.1. The standard InChI is InChI=1S/C15H16ClN3O/c1-11(9-18-12-5-3-2-4-6-12)19-15(20)13-7-8-17-10-14(13)16/h2-8,10-11,18H,9H2,1H3,(H,19,20)/t11-/m0/s1. The highest BCUT2D eigenvalue weighted by Gasteiger charge is 2.12. The molecule has 1 amide bonds. The molecule has 4 nitrogen and oxygen atoms in total. The molecule has 1 aromatic heterocycles. The van der Waals surface area contributed by atoms with Gasteiger partial charge >= 0.3 is 0 Å². The van der Waals surface area contributed by atoms with Crippen LogP contribution in [0.5, 0.6) is 0 Å². The summed E-state index contributed by atoms with van der Waals surface area (Å²) in [6.07, 6.45) is 3.01. The number of hydrogen-bond acceptors (Lipinski definition) is 3. The minimum absolute atomic E-state index is 0.0214. The fourth-order valence-corrected chi connectivity index (χ4v) is 1.94. The van der Waals surface area contributed by atoms with E-state index in [1.807, 2.05) is 37.3 Å². The number of carbonyl (C=O) groups excluding carboxylic acids is 1. The minimum atomic E-state index is -0.195. The molecule has 0 aliphatic rings. The molecule has 0 radical (unpaired) electrons. The second kappa shape index (κ2) is 6.91. The number of halogens is 1. The number of amides is 1. The number of rotatable bonds is 5. The van der Waals surface area contributed by atoms with Crippen molar-refractivity contribution in [2.24, 2.45) is 0 Å². The van der Waals surface area contributed by atoms with Crippen LogP contribution >= 0.6 is 11.6 Å². The summed E-state index contributed by atoms with van der Waals surface area (Å²) in [7, 11) is 0. The van der Waals surface area contributed by atoms with Gasteiger partial charge in [-0.25, -0.2) is 0 Å². The van der Waals surface area contributed by atoms with E-state index in [1.54, 1.807) is 12.3 Å². The van der Waals surface area contributed by atoms with Crippen molar-refractivity contribution < 1.29 is 4.79 Å². The van der Waals surface area contributed by atoms with Gasteiger partial charge in [0.2, 0.25) is 0 Å². The van der Waals surface area contributed by atoms with Crippen LogP contribution in [0.2, 0.25) is 5.02 Å². The summed E-state index contributed by atoms with van der Waals surface area (Å²) in [4.78, 5) is 15.9. The summed E-state index contributed by atoms with van der Waals surface area (Å²) in [6.45, 7) is 2.57. The van der Waals surface area contributed by atoms with E-state index in [4.69, 9.17) is 11.6 Å². The molecule has 20 heavy (non-hydrogen) atoms. The van der Waals surface area contributed by atoms with Gasteiger partial charge in [-0.3, -0.25) is 9.78 Å². The molecule has 0 bridgehead atoms. The average molecular weight is 290 g/mol. The van der Waals surface area contributed by atoms with Gasteiger partial charge in [-0.2, -0.15) is 0 Å². The number of para-hydroxylation sites is 1. The molecule has 0 aliphatic heterocycles. The van der Waals surface area contributed by atoms with Gasteiger partial charge in [-0.1, -0.05) is 29.8 Å². The highest BCUT2D eigenvalue weighted by molar-refractivity contribution is 6.33. The van der Waals surface area contributed by atoms with Gasteiger partial charge in [0.05, 0.1) is 10.6 Å². The Balaban J connectivity index is 1.87. The molecule has 2 rings (SSSR count). The Morgan fingerprint density at radius 3 is 2.75 bits per heavy atom. The SMILES string of the molecule is C[C@@H](CNc1ccccc1)NC(=O)c1ccncc1Cl. The van der Waals surface area contributed by atoms with Gasteiger partial charge in [0.25, 0.3) is 5.91 Å². The smallest absolute Gasteiger partial charge is 0.253 e. The monoisotopic (exact) mass is 289 g/mol. The molecule has 1 aromatic carbocycles. The molecule has 0 unspecified atom stereocenters. The van der Waals surface area contributed by atoms with Crippen LogP contribution in [0.4, 0.5) is 5.69 Å². The Hall–Kier alpha value is -2.07. The summed E-state index contributed by atoms with van der Waals surface area (Å²) < 4.78 is 0. The van der Waals surface area contributed by atoms with Crippen molar-refractivity contribution in [2.75, 3.05) is 11.9 Å². The number of carbonyl (C=O) groups is 1. The molecular weight excluding hydrogens is 274 g/mol. The van der Waals surface area contributed by atoms with Crippen LogP contribution in [0.15, 0.2) is 48.8 Å². The van der Waals surface area contributed by atoms with Crippen molar-refractivity contribution in [3.8, 4) is 0 Å². The third-order valence-corrected chi connectivity index (χ3v) is 3.08. The van der Waals surface area contributed by atoms with E-state index in [-0.39, 0.29) is 11.9 Å². The topological polar surface area (TPSA) is 54.0 Å². The lowest BCUT2D eigenvalue weighted by Crippen LogP contribution is -2.37. The van der Waals surface area contributed by atoms with Gasteiger partial charge < -0.3 is 10.6 Å². The second-order valence-corrected chi connectivity index (χ2v) is 4.88. The molecule has 0 spiro atoms. The number of nitrogens with one attached hydrogen (secondary N) is 2. The highest BCUT2D eigenvalue weighted by atomic mass is 35.5. The van der Waals surface area contributed by atoms with Crippen molar-refractivity contribution in [1.82, 2.24) is 10.3 Å². The molecule has 0 saturated heterocycles. The van der Waals surface area contributed by atoms with Crippen molar-refractivity contribution in [2.45, 2.75) is 13.0 Å². The Labute approximate surface area is 123 Å². The fourth-order valence-electron chi connectivity index (χ4n) is 1.74. The van der Waals surface area contributed by atoms with E-state index in [1.165, 1.54) is 6.20 Å². The van der Waals surface area contributed by atoms with Gasteiger partial charge in [-0.05, 0) is 25.1 Å². The van der Waals surface area contributed by atoms with Crippen LogP contribution in [0.1, 0.15) is 17.3 Å². The number of nitrogens with zero attached hydrogens (tertiary/aromatic N) is 1.